The van der Waals surface area contributed by atoms with Gasteiger partial charge in [0.2, 0.25) is 0 Å². The summed E-state index contributed by atoms with van der Waals surface area (Å²) in [4.78, 5) is 2.35. The van der Waals surface area contributed by atoms with Crippen LogP contribution in [0, 0.1) is 5.92 Å². The summed E-state index contributed by atoms with van der Waals surface area (Å²) in [5.41, 5.74) is 7.40. The fraction of sp³-hybridized carbons (Fsp3) is 0.625. The molecule has 0 amide bonds. The fourth-order valence-electron chi connectivity index (χ4n) is 2.92. The van der Waals surface area contributed by atoms with Crippen molar-refractivity contribution in [2.75, 3.05) is 25.1 Å². The summed E-state index contributed by atoms with van der Waals surface area (Å²) in [5, 5.41) is 0. The van der Waals surface area contributed by atoms with E-state index >= 15 is 0 Å². The van der Waals surface area contributed by atoms with Crippen molar-refractivity contribution in [1.29, 1.82) is 0 Å². The van der Waals surface area contributed by atoms with Crippen LogP contribution in [0.5, 0.6) is 0 Å². The third-order valence-electron chi connectivity index (χ3n) is 4.46. The van der Waals surface area contributed by atoms with Crippen LogP contribution in [0.1, 0.15) is 26.7 Å². The minimum Gasteiger partial charge on any atom is -0.378 e. The maximum Gasteiger partial charge on any atom is 0.0620 e. The summed E-state index contributed by atoms with van der Waals surface area (Å²) in [5.74, 6) is 0.537. The number of nitrogens with two attached hydrogens (primary N) is 1. The first kappa shape index (κ1) is 14.4. The van der Waals surface area contributed by atoms with E-state index in [9.17, 15) is 0 Å². The van der Waals surface area contributed by atoms with Gasteiger partial charge in [-0.1, -0.05) is 32.0 Å². The SMILES string of the molecule is CC(C)C1CC(CN)(N(C)c2ccccc2)CCO1. The number of anilines is 1. The molecule has 1 heterocycles. The minimum atomic E-state index is 0.0224. The zero-order valence-corrected chi connectivity index (χ0v) is 12.3. The average Bonchev–Trinajstić information content (AvgIpc) is 2.47. The molecule has 3 heteroatoms. The highest BCUT2D eigenvalue weighted by atomic mass is 16.5. The zero-order valence-electron chi connectivity index (χ0n) is 12.3. The van der Waals surface area contributed by atoms with E-state index in [1.165, 1.54) is 5.69 Å². The van der Waals surface area contributed by atoms with Gasteiger partial charge in [-0.3, -0.25) is 0 Å². The standard InChI is InChI=1S/C16H26N2O/c1-13(2)15-11-16(12-17,9-10-19-15)18(3)14-7-5-4-6-8-14/h4-8,13,15H,9-12,17H2,1-3H3. The van der Waals surface area contributed by atoms with Gasteiger partial charge < -0.3 is 15.4 Å². The zero-order chi connectivity index (χ0) is 13.9. The lowest BCUT2D eigenvalue weighted by molar-refractivity contribution is -0.0412. The van der Waals surface area contributed by atoms with Gasteiger partial charge in [-0.25, -0.2) is 0 Å². The van der Waals surface area contributed by atoms with Crippen LogP contribution < -0.4 is 10.6 Å². The number of hydrogen-bond donors (Lipinski definition) is 1. The maximum absolute atomic E-state index is 6.14. The Bertz CT molecular complexity index is 393. The molecule has 1 aliphatic heterocycles. The number of hydrogen-bond acceptors (Lipinski definition) is 3. The Kier molecular flexibility index (Phi) is 4.48. The summed E-state index contributed by atoms with van der Waals surface area (Å²) in [6.45, 7) is 5.92. The van der Waals surface area contributed by atoms with E-state index in [1.807, 2.05) is 6.07 Å². The molecular formula is C16H26N2O. The minimum absolute atomic E-state index is 0.0224. The molecule has 3 nitrogen and oxygen atoms in total. The molecule has 19 heavy (non-hydrogen) atoms. The van der Waals surface area contributed by atoms with Gasteiger partial charge in [-0.2, -0.15) is 0 Å². The lowest BCUT2D eigenvalue weighted by atomic mass is 9.81. The predicted octanol–water partition coefficient (Wildman–Crippen LogP) is 2.66. The van der Waals surface area contributed by atoms with E-state index in [4.69, 9.17) is 10.5 Å². The van der Waals surface area contributed by atoms with Crippen molar-refractivity contribution in [3.63, 3.8) is 0 Å². The van der Waals surface area contributed by atoms with Crippen LogP contribution in [-0.4, -0.2) is 31.8 Å². The van der Waals surface area contributed by atoms with E-state index in [0.717, 1.165) is 19.4 Å². The Labute approximate surface area is 116 Å². The lowest BCUT2D eigenvalue weighted by Gasteiger charge is -2.48. The monoisotopic (exact) mass is 262 g/mol. The van der Waals surface area contributed by atoms with Crippen molar-refractivity contribution in [1.82, 2.24) is 0 Å². The van der Waals surface area contributed by atoms with E-state index in [0.29, 0.717) is 18.6 Å². The Balaban J connectivity index is 2.22. The second kappa shape index (κ2) is 5.93. The van der Waals surface area contributed by atoms with E-state index in [-0.39, 0.29) is 5.54 Å². The van der Waals surface area contributed by atoms with Crippen LogP contribution >= 0.6 is 0 Å². The van der Waals surface area contributed by atoms with Crippen molar-refractivity contribution in [2.24, 2.45) is 11.7 Å². The maximum atomic E-state index is 6.14. The molecule has 0 bridgehead atoms. The normalized spacial score (nSPS) is 27.5. The first-order valence-corrected chi connectivity index (χ1v) is 7.19. The molecule has 1 aromatic rings. The average molecular weight is 262 g/mol. The highest BCUT2D eigenvalue weighted by molar-refractivity contribution is 5.48. The second-order valence-electron chi connectivity index (χ2n) is 5.93. The number of nitrogens with zero attached hydrogens (tertiary/aromatic N) is 1. The fourth-order valence-corrected chi connectivity index (χ4v) is 2.92. The predicted molar refractivity (Wildman–Crippen MR) is 80.4 cm³/mol. The van der Waals surface area contributed by atoms with Crippen LogP contribution in [0.4, 0.5) is 5.69 Å². The Hall–Kier alpha value is -1.06. The van der Waals surface area contributed by atoms with Crippen molar-refractivity contribution < 1.29 is 4.74 Å². The van der Waals surface area contributed by atoms with Gasteiger partial charge in [-0.05, 0) is 30.9 Å². The number of rotatable bonds is 4. The van der Waals surface area contributed by atoms with E-state index in [2.05, 4.69) is 50.1 Å². The van der Waals surface area contributed by atoms with Crippen LogP contribution in [0.3, 0.4) is 0 Å². The number of para-hydroxylation sites is 1. The summed E-state index contributed by atoms with van der Waals surface area (Å²) in [7, 11) is 2.16. The molecule has 2 N–H and O–H groups in total. The van der Waals surface area contributed by atoms with Gasteiger partial charge in [0, 0.05) is 25.9 Å². The summed E-state index contributed by atoms with van der Waals surface area (Å²) in [6, 6.07) is 10.5. The molecule has 106 valence electrons. The topological polar surface area (TPSA) is 38.5 Å². The summed E-state index contributed by atoms with van der Waals surface area (Å²) < 4.78 is 5.90. The molecule has 2 unspecified atom stereocenters. The third kappa shape index (κ3) is 2.93. The van der Waals surface area contributed by atoms with Gasteiger partial charge in [-0.15, -0.1) is 0 Å². The molecule has 1 aromatic carbocycles. The van der Waals surface area contributed by atoms with Gasteiger partial charge in [0.1, 0.15) is 0 Å². The molecule has 1 fully saturated rings. The number of ether oxygens (including phenoxy) is 1. The smallest absolute Gasteiger partial charge is 0.0620 e. The van der Waals surface area contributed by atoms with Gasteiger partial charge in [0.25, 0.3) is 0 Å². The molecule has 2 atom stereocenters. The first-order chi connectivity index (χ1) is 9.09. The van der Waals surface area contributed by atoms with Gasteiger partial charge in [0.15, 0.2) is 0 Å². The highest BCUT2D eigenvalue weighted by Crippen LogP contribution is 2.34. The largest absolute Gasteiger partial charge is 0.378 e. The van der Waals surface area contributed by atoms with Crippen LogP contribution in [0.15, 0.2) is 30.3 Å². The number of likely N-dealkylation sites (N-methyl/N-ethyl adjacent to an activating group) is 1. The molecule has 0 aliphatic carbocycles. The van der Waals surface area contributed by atoms with Crippen molar-refractivity contribution >= 4 is 5.69 Å². The summed E-state index contributed by atoms with van der Waals surface area (Å²) >= 11 is 0. The third-order valence-corrected chi connectivity index (χ3v) is 4.46. The molecule has 0 saturated carbocycles. The van der Waals surface area contributed by atoms with Crippen molar-refractivity contribution in [3.8, 4) is 0 Å². The van der Waals surface area contributed by atoms with E-state index < -0.39 is 0 Å². The molecule has 0 spiro atoms. The molecule has 1 saturated heterocycles. The van der Waals surface area contributed by atoms with Crippen LogP contribution in [0.2, 0.25) is 0 Å². The number of benzene rings is 1. The molecule has 2 rings (SSSR count). The Morgan fingerprint density at radius 1 is 1.37 bits per heavy atom. The van der Waals surface area contributed by atoms with Crippen LogP contribution in [0.25, 0.3) is 0 Å². The molecule has 0 radical (unpaired) electrons. The van der Waals surface area contributed by atoms with Crippen molar-refractivity contribution in [3.05, 3.63) is 30.3 Å². The quantitative estimate of drug-likeness (QED) is 0.906. The molecular weight excluding hydrogens is 236 g/mol. The van der Waals surface area contributed by atoms with Gasteiger partial charge in [0.05, 0.1) is 11.6 Å². The molecule has 0 aromatic heterocycles. The molecule has 1 aliphatic rings. The lowest BCUT2D eigenvalue weighted by Crippen LogP contribution is -2.58. The second-order valence-corrected chi connectivity index (χ2v) is 5.93. The van der Waals surface area contributed by atoms with Crippen molar-refractivity contribution in [2.45, 2.75) is 38.3 Å². The summed E-state index contributed by atoms with van der Waals surface area (Å²) in [6.07, 6.45) is 2.31. The highest BCUT2D eigenvalue weighted by Gasteiger charge is 2.40. The van der Waals surface area contributed by atoms with E-state index in [1.54, 1.807) is 0 Å². The van der Waals surface area contributed by atoms with Gasteiger partial charge >= 0.3 is 0 Å². The van der Waals surface area contributed by atoms with Crippen LogP contribution in [-0.2, 0) is 4.74 Å². The Morgan fingerprint density at radius 3 is 2.63 bits per heavy atom. The first-order valence-electron chi connectivity index (χ1n) is 7.19. The Morgan fingerprint density at radius 2 is 2.05 bits per heavy atom.